The molecule has 1 saturated heterocycles. The molecule has 11 heavy (non-hydrogen) atoms. The van der Waals surface area contributed by atoms with Crippen LogP contribution in [0.2, 0.25) is 0 Å². The molecule has 0 aromatic carbocycles. The number of aliphatic hydroxyl groups is 1. The van der Waals surface area contributed by atoms with Crippen LogP contribution in [-0.4, -0.2) is 35.7 Å². The maximum atomic E-state index is 8.98. The second-order valence-electron chi connectivity index (χ2n) is 3.47. The molecule has 0 aliphatic carbocycles. The number of β-amino-alcohol motifs (C(OH)–C–C–N with tert-alkyl or cyclic N) is 1. The van der Waals surface area contributed by atoms with Crippen LogP contribution in [0.4, 0.5) is 0 Å². The fourth-order valence-corrected chi connectivity index (χ4v) is 1.49. The van der Waals surface area contributed by atoms with Crippen LogP contribution in [-0.2, 0) is 0 Å². The summed E-state index contributed by atoms with van der Waals surface area (Å²) in [6.45, 7) is 5.24. The molecule has 66 valence electrons. The number of hydrogen-bond donors (Lipinski definition) is 1. The molecule has 0 spiro atoms. The van der Waals surface area contributed by atoms with E-state index in [1.165, 1.54) is 32.2 Å². The van der Waals surface area contributed by atoms with Gasteiger partial charge in [-0.25, -0.2) is 0 Å². The van der Waals surface area contributed by atoms with E-state index in [1.807, 2.05) is 0 Å². The topological polar surface area (TPSA) is 23.5 Å². The van der Waals surface area contributed by atoms with E-state index in [0.29, 0.717) is 0 Å². The normalized spacial score (nSPS) is 20.2. The molecule has 0 aromatic rings. The first-order valence-electron chi connectivity index (χ1n) is 4.73. The summed E-state index contributed by atoms with van der Waals surface area (Å²) in [4.78, 5) is 2.32. The highest BCUT2D eigenvalue weighted by atomic mass is 16.3. The van der Waals surface area contributed by atoms with Crippen molar-refractivity contribution in [3.63, 3.8) is 0 Å². The molecule has 2 nitrogen and oxygen atoms in total. The summed E-state index contributed by atoms with van der Waals surface area (Å²) in [6, 6.07) is 0. The third kappa shape index (κ3) is 3.21. The van der Waals surface area contributed by atoms with E-state index in [1.54, 1.807) is 0 Å². The Bertz CT molecular complexity index is 99.7. The molecule has 2 heteroatoms. The Balaban J connectivity index is 1.81. The fraction of sp³-hybridized carbons (Fsp3) is 1.00. The van der Waals surface area contributed by atoms with Crippen molar-refractivity contribution in [2.75, 3.05) is 19.6 Å². The monoisotopic (exact) mass is 157 g/mol. The van der Waals surface area contributed by atoms with Gasteiger partial charge in [0.2, 0.25) is 0 Å². The van der Waals surface area contributed by atoms with E-state index in [9.17, 15) is 0 Å². The van der Waals surface area contributed by atoms with Gasteiger partial charge in [0.25, 0.3) is 0 Å². The molecule has 0 atom stereocenters. The van der Waals surface area contributed by atoms with Crippen molar-refractivity contribution in [2.24, 2.45) is 0 Å². The van der Waals surface area contributed by atoms with Gasteiger partial charge in [-0.1, -0.05) is 26.2 Å². The maximum absolute atomic E-state index is 8.98. The minimum absolute atomic E-state index is 0.0267. The summed E-state index contributed by atoms with van der Waals surface area (Å²) < 4.78 is 0. The largest absolute Gasteiger partial charge is 0.390 e. The van der Waals surface area contributed by atoms with Gasteiger partial charge in [-0.15, -0.1) is 0 Å². The van der Waals surface area contributed by atoms with Crippen LogP contribution >= 0.6 is 0 Å². The lowest BCUT2D eigenvalue weighted by atomic mass is 10.1. The molecular weight excluding hydrogens is 138 g/mol. The van der Waals surface area contributed by atoms with Gasteiger partial charge in [0, 0.05) is 13.1 Å². The molecule has 1 N–H and O–H groups in total. The molecule has 1 aliphatic rings. The molecule has 1 fully saturated rings. The Morgan fingerprint density at radius 2 is 2.00 bits per heavy atom. The van der Waals surface area contributed by atoms with Crippen molar-refractivity contribution in [2.45, 2.75) is 38.7 Å². The van der Waals surface area contributed by atoms with Crippen molar-refractivity contribution in [3.8, 4) is 0 Å². The maximum Gasteiger partial charge on any atom is 0.0793 e. The second-order valence-corrected chi connectivity index (χ2v) is 3.47. The van der Waals surface area contributed by atoms with Crippen molar-refractivity contribution < 1.29 is 5.11 Å². The zero-order valence-electron chi connectivity index (χ0n) is 7.42. The van der Waals surface area contributed by atoms with Crippen LogP contribution in [0.1, 0.15) is 32.6 Å². The summed E-state index contributed by atoms with van der Waals surface area (Å²) >= 11 is 0. The number of hydrogen-bond acceptors (Lipinski definition) is 2. The zero-order valence-corrected chi connectivity index (χ0v) is 7.42. The molecular formula is C9H19NO. The molecule has 1 rings (SSSR count). The summed E-state index contributed by atoms with van der Waals surface area (Å²) in [5.41, 5.74) is 0. The van der Waals surface area contributed by atoms with E-state index in [-0.39, 0.29) is 6.10 Å². The number of aliphatic hydroxyl groups excluding tert-OH is 1. The van der Waals surface area contributed by atoms with E-state index in [4.69, 9.17) is 5.11 Å². The minimum atomic E-state index is -0.0267. The Kier molecular flexibility index (Phi) is 3.87. The first-order chi connectivity index (χ1) is 5.33. The quantitative estimate of drug-likeness (QED) is 0.607. The van der Waals surface area contributed by atoms with Crippen LogP contribution in [0, 0.1) is 0 Å². The van der Waals surface area contributed by atoms with Gasteiger partial charge in [-0.2, -0.15) is 0 Å². The number of unbranched alkanes of at least 4 members (excludes halogenated alkanes) is 3. The highest BCUT2D eigenvalue weighted by molar-refractivity contribution is 4.77. The lowest BCUT2D eigenvalue weighted by Gasteiger charge is -2.35. The number of nitrogens with zero attached hydrogens (tertiary/aromatic N) is 1. The van der Waals surface area contributed by atoms with E-state index >= 15 is 0 Å². The average Bonchev–Trinajstić information content (AvgIpc) is 1.94. The Morgan fingerprint density at radius 1 is 1.27 bits per heavy atom. The molecule has 1 heterocycles. The highest BCUT2D eigenvalue weighted by Crippen LogP contribution is 2.09. The Hall–Kier alpha value is -0.0800. The predicted octanol–water partition coefficient (Wildman–Crippen LogP) is 1.24. The summed E-state index contributed by atoms with van der Waals surface area (Å²) in [5, 5.41) is 8.98. The summed E-state index contributed by atoms with van der Waals surface area (Å²) in [7, 11) is 0. The molecule has 0 unspecified atom stereocenters. The van der Waals surface area contributed by atoms with Gasteiger partial charge >= 0.3 is 0 Å². The first-order valence-corrected chi connectivity index (χ1v) is 4.73. The summed E-state index contributed by atoms with van der Waals surface area (Å²) in [6.07, 6.45) is 5.30. The SMILES string of the molecule is CCCCCCN1CC(O)C1. The van der Waals surface area contributed by atoms with Gasteiger partial charge in [-0.3, -0.25) is 4.90 Å². The molecule has 0 amide bonds. The second kappa shape index (κ2) is 4.73. The lowest BCUT2D eigenvalue weighted by molar-refractivity contribution is 0.00148. The standard InChI is InChI=1S/C9H19NO/c1-2-3-4-5-6-10-7-9(11)8-10/h9,11H,2-8H2,1H3. The third-order valence-electron chi connectivity index (χ3n) is 2.27. The fourth-order valence-electron chi connectivity index (χ4n) is 1.49. The van der Waals surface area contributed by atoms with Crippen LogP contribution in [0.3, 0.4) is 0 Å². The smallest absolute Gasteiger partial charge is 0.0793 e. The first kappa shape index (κ1) is 9.01. The van der Waals surface area contributed by atoms with Gasteiger partial charge in [0.1, 0.15) is 0 Å². The highest BCUT2D eigenvalue weighted by Gasteiger charge is 2.22. The number of rotatable bonds is 5. The Labute approximate surface area is 69.2 Å². The van der Waals surface area contributed by atoms with Gasteiger partial charge in [0.15, 0.2) is 0 Å². The van der Waals surface area contributed by atoms with Crippen LogP contribution in [0.15, 0.2) is 0 Å². The third-order valence-corrected chi connectivity index (χ3v) is 2.27. The van der Waals surface area contributed by atoms with E-state index in [0.717, 1.165) is 13.1 Å². The van der Waals surface area contributed by atoms with Gasteiger partial charge in [-0.05, 0) is 13.0 Å². The van der Waals surface area contributed by atoms with Crippen LogP contribution in [0.25, 0.3) is 0 Å². The van der Waals surface area contributed by atoms with Crippen molar-refractivity contribution in [1.29, 1.82) is 0 Å². The van der Waals surface area contributed by atoms with Crippen molar-refractivity contribution in [1.82, 2.24) is 4.90 Å². The zero-order chi connectivity index (χ0) is 8.10. The predicted molar refractivity (Wildman–Crippen MR) is 46.6 cm³/mol. The molecule has 0 radical (unpaired) electrons. The summed E-state index contributed by atoms with van der Waals surface area (Å²) in [5.74, 6) is 0. The van der Waals surface area contributed by atoms with Crippen molar-refractivity contribution >= 4 is 0 Å². The van der Waals surface area contributed by atoms with Crippen LogP contribution < -0.4 is 0 Å². The molecule has 1 aliphatic heterocycles. The van der Waals surface area contributed by atoms with Crippen LogP contribution in [0.5, 0.6) is 0 Å². The van der Waals surface area contributed by atoms with Crippen molar-refractivity contribution in [3.05, 3.63) is 0 Å². The Morgan fingerprint density at radius 3 is 2.55 bits per heavy atom. The molecule has 0 saturated carbocycles. The van der Waals surface area contributed by atoms with E-state index < -0.39 is 0 Å². The molecule has 0 bridgehead atoms. The van der Waals surface area contributed by atoms with E-state index in [2.05, 4.69) is 11.8 Å². The van der Waals surface area contributed by atoms with Gasteiger partial charge < -0.3 is 5.11 Å². The average molecular weight is 157 g/mol. The molecule has 0 aromatic heterocycles. The minimum Gasteiger partial charge on any atom is -0.390 e. The lowest BCUT2D eigenvalue weighted by Crippen LogP contribution is -2.50. The van der Waals surface area contributed by atoms with Gasteiger partial charge in [0.05, 0.1) is 6.10 Å². The number of likely N-dealkylation sites (tertiary alicyclic amines) is 1.